The second-order valence-corrected chi connectivity index (χ2v) is 6.77. The summed E-state index contributed by atoms with van der Waals surface area (Å²) in [7, 11) is 0. The molecule has 4 heteroatoms. The maximum Gasteiger partial charge on any atom is 0.198 e. The third-order valence-electron chi connectivity index (χ3n) is 4.43. The molecule has 1 aromatic heterocycles. The van der Waals surface area contributed by atoms with Crippen molar-refractivity contribution < 1.29 is 4.42 Å². The van der Waals surface area contributed by atoms with Gasteiger partial charge in [-0.15, -0.1) is 0 Å². The molecule has 1 aliphatic heterocycles. The van der Waals surface area contributed by atoms with Crippen LogP contribution < -0.4 is 0 Å². The fraction of sp³-hybridized carbons (Fsp3) is 0.500. The molecule has 0 aliphatic carbocycles. The Morgan fingerprint density at radius 3 is 2.95 bits per heavy atom. The van der Waals surface area contributed by atoms with Gasteiger partial charge in [0.15, 0.2) is 5.89 Å². The van der Waals surface area contributed by atoms with Crippen LogP contribution in [-0.2, 0) is 6.42 Å². The zero-order valence-corrected chi connectivity index (χ0v) is 14.0. The number of benzene rings is 1. The quantitative estimate of drug-likeness (QED) is 0.830. The lowest BCUT2D eigenvalue weighted by atomic mass is 9.97. The van der Waals surface area contributed by atoms with E-state index < -0.39 is 0 Å². The van der Waals surface area contributed by atoms with Crippen LogP contribution in [0.1, 0.15) is 49.8 Å². The number of hydrogen-bond donors (Lipinski definition) is 0. The Morgan fingerprint density at radius 1 is 1.36 bits per heavy atom. The minimum absolute atomic E-state index is 0.413. The number of oxazole rings is 1. The van der Waals surface area contributed by atoms with Gasteiger partial charge in [-0.05, 0) is 44.9 Å². The standard InChI is InChI=1S/C18H23ClN2O/c1-13(2)21-9-5-7-15(12-21)18-20-11-16(22-18)10-14-6-3-4-8-17(14)19/h3-4,6,8,11,13,15H,5,7,9-10,12H2,1-2H3/t15-/m1/s1. The fourth-order valence-electron chi connectivity index (χ4n) is 3.10. The Hall–Kier alpha value is -1.32. The molecule has 22 heavy (non-hydrogen) atoms. The maximum atomic E-state index is 6.21. The molecular formula is C18H23ClN2O. The number of nitrogens with zero attached hydrogens (tertiary/aromatic N) is 2. The topological polar surface area (TPSA) is 29.3 Å². The minimum Gasteiger partial charge on any atom is -0.445 e. The van der Waals surface area contributed by atoms with Crippen LogP contribution in [0.4, 0.5) is 0 Å². The van der Waals surface area contributed by atoms with Crippen LogP contribution in [0.25, 0.3) is 0 Å². The molecule has 3 rings (SSSR count). The Labute approximate surface area is 137 Å². The molecule has 118 valence electrons. The van der Waals surface area contributed by atoms with Gasteiger partial charge < -0.3 is 9.32 Å². The first-order valence-corrected chi connectivity index (χ1v) is 8.43. The summed E-state index contributed by atoms with van der Waals surface area (Å²) >= 11 is 6.21. The highest BCUT2D eigenvalue weighted by Crippen LogP contribution is 2.28. The van der Waals surface area contributed by atoms with Crippen molar-refractivity contribution in [3.8, 4) is 0 Å². The number of halogens is 1. The highest BCUT2D eigenvalue weighted by molar-refractivity contribution is 6.31. The van der Waals surface area contributed by atoms with Crippen LogP contribution in [0.3, 0.4) is 0 Å². The molecule has 1 saturated heterocycles. The van der Waals surface area contributed by atoms with Crippen molar-refractivity contribution in [2.45, 2.75) is 45.1 Å². The van der Waals surface area contributed by atoms with Crippen molar-refractivity contribution in [3.05, 3.63) is 52.7 Å². The van der Waals surface area contributed by atoms with Crippen LogP contribution in [-0.4, -0.2) is 29.0 Å². The molecule has 2 aromatic rings. The van der Waals surface area contributed by atoms with Gasteiger partial charge in [0.25, 0.3) is 0 Å². The molecule has 0 amide bonds. The predicted octanol–water partition coefficient (Wildman–Crippen LogP) is 4.51. The van der Waals surface area contributed by atoms with E-state index in [4.69, 9.17) is 16.0 Å². The highest BCUT2D eigenvalue weighted by Gasteiger charge is 2.26. The van der Waals surface area contributed by atoms with E-state index in [1.807, 2.05) is 30.5 Å². The van der Waals surface area contributed by atoms with Crippen LogP contribution >= 0.6 is 11.6 Å². The molecule has 0 saturated carbocycles. The Morgan fingerprint density at radius 2 is 2.18 bits per heavy atom. The van der Waals surface area contributed by atoms with Crippen molar-refractivity contribution in [1.29, 1.82) is 0 Å². The molecule has 1 aromatic carbocycles. The molecule has 0 N–H and O–H groups in total. The summed E-state index contributed by atoms with van der Waals surface area (Å²) in [5.41, 5.74) is 1.08. The SMILES string of the molecule is CC(C)N1CCC[C@@H](c2ncc(Cc3ccccc3Cl)o2)C1. The molecule has 0 unspecified atom stereocenters. The number of rotatable bonds is 4. The molecule has 0 radical (unpaired) electrons. The molecule has 1 fully saturated rings. The number of aromatic nitrogens is 1. The van der Waals surface area contributed by atoms with Crippen molar-refractivity contribution in [1.82, 2.24) is 9.88 Å². The Kier molecular flexibility index (Phi) is 4.84. The van der Waals surface area contributed by atoms with Crippen LogP contribution in [0, 0.1) is 0 Å². The zero-order chi connectivity index (χ0) is 15.5. The van der Waals surface area contributed by atoms with Gasteiger partial charge in [-0.2, -0.15) is 0 Å². The predicted molar refractivity (Wildman–Crippen MR) is 89.4 cm³/mol. The zero-order valence-electron chi connectivity index (χ0n) is 13.3. The number of piperidine rings is 1. The molecule has 0 bridgehead atoms. The van der Waals surface area contributed by atoms with E-state index in [0.29, 0.717) is 18.4 Å². The fourth-order valence-corrected chi connectivity index (χ4v) is 3.30. The third kappa shape index (κ3) is 3.53. The summed E-state index contributed by atoms with van der Waals surface area (Å²) in [6.07, 6.45) is 4.93. The number of hydrogen-bond acceptors (Lipinski definition) is 3. The van der Waals surface area contributed by atoms with E-state index in [2.05, 4.69) is 23.7 Å². The number of likely N-dealkylation sites (tertiary alicyclic amines) is 1. The van der Waals surface area contributed by atoms with Crippen molar-refractivity contribution in [2.75, 3.05) is 13.1 Å². The molecular weight excluding hydrogens is 296 g/mol. The largest absolute Gasteiger partial charge is 0.445 e. The van der Waals surface area contributed by atoms with E-state index in [-0.39, 0.29) is 0 Å². The molecule has 2 heterocycles. The second kappa shape index (κ2) is 6.84. The van der Waals surface area contributed by atoms with Crippen LogP contribution in [0.2, 0.25) is 5.02 Å². The van der Waals surface area contributed by atoms with Gasteiger partial charge >= 0.3 is 0 Å². The first-order chi connectivity index (χ1) is 10.6. The lowest BCUT2D eigenvalue weighted by molar-refractivity contribution is 0.156. The molecule has 0 spiro atoms. The van der Waals surface area contributed by atoms with Crippen molar-refractivity contribution in [2.24, 2.45) is 0 Å². The van der Waals surface area contributed by atoms with E-state index in [9.17, 15) is 0 Å². The smallest absolute Gasteiger partial charge is 0.198 e. The summed E-state index contributed by atoms with van der Waals surface area (Å²) < 4.78 is 6.01. The molecule has 3 nitrogen and oxygen atoms in total. The van der Waals surface area contributed by atoms with E-state index in [0.717, 1.165) is 35.2 Å². The van der Waals surface area contributed by atoms with E-state index >= 15 is 0 Å². The van der Waals surface area contributed by atoms with Crippen LogP contribution in [0.5, 0.6) is 0 Å². The second-order valence-electron chi connectivity index (χ2n) is 6.36. The summed E-state index contributed by atoms with van der Waals surface area (Å²) in [5, 5.41) is 0.782. The average Bonchev–Trinajstić information content (AvgIpc) is 2.98. The first-order valence-electron chi connectivity index (χ1n) is 8.05. The van der Waals surface area contributed by atoms with E-state index in [1.165, 1.54) is 13.0 Å². The third-order valence-corrected chi connectivity index (χ3v) is 4.80. The highest BCUT2D eigenvalue weighted by atomic mass is 35.5. The monoisotopic (exact) mass is 318 g/mol. The molecule has 1 atom stereocenters. The maximum absolute atomic E-state index is 6.21. The van der Waals surface area contributed by atoms with Gasteiger partial charge in [-0.1, -0.05) is 29.8 Å². The first kappa shape index (κ1) is 15.6. The van der Waals surface area contributed by atoms with Gasteiger partial charge in [0.2, 0.25) is 0 Å². The lowest BCUT2D eigenvalue weighted by Crippen LogP contribution is -2.39. The Balaban J connectivity index is 1.70. The summed E-state index contributed by atoms with van der Waals surface area (Å²) in [6, 6.07) is 8.47. The average molecular weight is 319 g/mol. The summed E-state index contributed by atoms with van der Waals surface area (Å²) in [5.74, 6) is 2.19. The van der Waals surface area contributed by atoms with Crippen LogP contribution in [0.15, 0.2) is 34.9 Å². The van der Waals surface area contributed by atoms with Gasteiger partial charge in [0, 0.05) is 29.9 Å². The van der Waals surface area contributed by atoms with Crippen molar-refractivity contribution >= 4 is 11.6 Å². The van der Waals surface area contributed by atoms with Gasteiger partial charge in [-0.25, -0.2) is 4.98 Å². The van der Waals surface area contributed by atoms with Crippen molar-refractivity contribution in [3.63, 3.8) is 0 Å². The molecule has 1 aliphatic rings. The summed E-state index contributed by atoms with van der Waals surface area (Å²) in [6.45, 7) is 6.73. The van der Waals surface area contributed by atoms with Gasteiger partial charge in [-0.3, -0.25) is 0 Å². The normalized spacial score (nSPS) is 19.7. The van der Waals surface area contributed by atoms with E-state index in [1.54, 1.807) is 0 Å². The Bertz CT molecular complexity index is 623. The van der Waals surface area contributed by atoms with Gasteiger partial charge in [0.05, 0.1) is 6.20 Å². The van der Waals surface area contributed by atoms with Gasteiger partial charge in [0.1, 0.15) is 5.76 Å². The summed E-state index contributed by atoms with van der Waals surface area (Å²) in [4.78, 5) is 7.03. The lowest BCUT2D eigenvalue weighted by Gasteiger charge is -2.34. The minimum atomic E-state index is 0.413.